The van der Waals surface area contributed by atoms with Crippen molar-refractivity contribution in [2.24, 2.45) is 0 Å². The lowest BCUT2D eigenvalue weighted by molar-refractivity contribution is 0.0772. The molecule has 0 radical (unpaired) electrons. The molecular formula is C20H16BrClN2O. The van der Waals surface area contributed by atoms with Crippen LogP contribution in [-0.2, 0) is 0 Å². The molecule has 4 rings (SSSR count). The Labute approximate surface area is 159 Å². The van der Waals surface area contributed by atoms with Crippen LogP contribution in [0.2, 0.25) is 5.02 Å². The Morgan fingerprint density at radius 3 is 2.80 bits per heavy atom. The lowest BCUT2D eigenvalue weighted by Crippen LogP contribution is -2.34. The summed E-state index contributed by atoms with van der Waals surface area (Å²) in [5, 5.41) is 1.86. The molecular weight excluding hydrogens is 400 g/mol. The van der Waals surface area contributed by atoms with Crippen LogP contribution in [0, 0.1) is 0 Å². The summed E-state index contributed by atoms with van der Waals surface area (Å²) in [4.78, 5) is 17.9. The highest BCUT2D eigenvalue weighted by Gasteiger charge is 2.21. The molecule has 3 aromatic rings. The molecule has 2 heterocycles. The first-order valence-electron chi connectivity index (χ1n) is 8.13. The summed E-state index contributed by atoms with van der Waals surface area (Å²) in [6, 6.07) is 13.4. The van der Waals surface area contributed by atoms with Crippen molar-refractivity contribution in [2.75, 3.05) is 13.1 Å². The van der Waals surface area contributed by atoms with Crippen LogP contribution >= 0.6 is 27.5 Å². The molecule has 25 heavy (non-hydrogen) atoms. The Balaban J connectivity index is 1.59. The number of benzene rings is 2. The molecule has 1 aliphatic rings. The number of hydrogen-bond donors (Lipinski definition) is 1. The molecule has 0 spiro atoms. The highest BCUT2D eigenvalue weighted by Crippen LogP contribution is 2.31. The zero-order valence-corrected chi connectivity index (χ0v) is 15.8. The minimum Gasteiger partial charge on any atom is -0.361 e. The van der Waals surface area contributed by atoms with E-state index in [1.54, 1.807) is 0 Å². The minimum absolute atomic E-state index is 0.0600. The van der Waals surface area contributed by atoms with Crippen molar-refractivity contribution in [3.63, 3.8) is 0 Å². The number of nitrogens with one attached hydrogen (secondary N) is 1. The lowest BCUT2D eigenvalue weighted by Gasteiger charge is -2.27. The molecule has 0 aliphatic carbocycles. The number of fused-ring (bicyclic) bond motifs is 1. The number of amides is 1. The summed E-state index contributed by atoms with van der Waals surface area (Å²) in [5.74, 6) is 0.0600. The highest BCUT2D eigenvalue weighted by atomic mass is 79.9. The first kappa shape index (κ1) is 16.4. The molecule has 1 aliphatic heterocycles. The maximum atomic E-state index is 12.7. The average molecular weight is 416 g/mol. The van der Waals surface area contributed by atoms with Gasteiger partial charge in [-0.3, -0.25) is 4.79 Å². The van der Waals surface area contributed by atoms with E-state index in [-0.39, 0.29) is 5.91 Å². The van der Waals surface area contributed by atoms with Gasteiger partial charge in [0.1, 0.15) is 0 Å². The maximum Gasteiger partial charge on any atom is 0.255 e. The molecule has 0 unspecified atom stereocenters. The van der Waals surface area contributed by atoms with Crippen molar-refractivity contribution in [3.8, 4) is 0 Å². The number of aromatic nitrogens is 1. The first-order chi connectivity index (χ1) is 12.1. The zero-order chi connectivity index (χ0) is 17.4. The van der Waals surface area contributed by atoms with Crippen LogP contribution in [0.5, 0.6) is 0 Å². The third-order valence-electron chi connectivity index (χ3n) is 4.59. The van der Waals surface area contributed by atoms with E-state index in [0.29, 0.717) is 18.7 Å². The standard InChI is InChI=1S/C20H16BrClN2O/c21-18-4-2-1-3-15(18)20(25)24-9-7-13(8-10-24)17-12-23-19-6-5-14(22)11-16(17)19/h1-7,11-12,23H,8-10H2. The van der Waals surface area contributed by atoms with E-state index in [0.717, 1.165) is 26.8 Å². The number of aromatic amines is 1. The SMILES string of the molecule is O=C(c1ccccc1Br)N1CC=C(c2c[nH]c3ccc(Cl)cc23)CC1. The predicted molar refractivity (Wildman–Crippen MR) is 106 cm³/mol. The normalized spacial score (nSPS) is 14.6. The summed E-state index contributed by atoms with van der Waals surface area (Å²) in [5.41, 5.74) is 4.21. The minimum atomic E-state index is 0.0600. The maximum absolute atomic E-state index is 12.7. The van der Waals surface area contributed by atoms with Gasteiger partial charge in [0.05, 0.1) is 5.56 Å². The van der Waals surface area contributed by atoms with Crippen LogP contribution in [0.4, 0.5) is 0 Å². The lowest BCUT2D eigenvalue weighted by atomic mass is 9.98. The average Bonchev–Trinajstić information content (AvgIpc) is 3.05. The van der Waals surface area contributed by atoms with Crippen molar-refractivity contribution in [2.45, 2.75) is 6.42 Å². The van der Waals surface area contributed by atoms with Crippen LogP contribution < -0.4 is 0 Å². The van der Waals surface area contributed by atoms with Crippen molar-refractivity contribution < 1.29 is 4.79 Å². The molecule has 2 aromatic carbocycles. The van der Waals surface area contributed by atoms with E-state index < -0.39 is 0 Å². The van der Waals surface area contributed by atoms with Gasteiger partial charge in [0.25, 0.3) is 5.91 Å². The molecule has 1 amide bonds. The second-order valence-corrected chi connectivity index (χ2v) is 7.39. The number of carbonyl (C=O) groups excluding carboxylic acids is 1. The molecule has 0 saturated carbocycles. The Bertz CT molecular complexity index is 992. The van der Waals surface area contributed by atoms with Crippen molar-refractivity contribution in [1.82, 2.24) is 9.88 Å². The third-order valence-corrected chi connectivity index (χ3v) is 5.52. The van der Waals surface area contributed by atoms with E-state index in [1.165, 1.54) is 11.1 Å². The van der Waals surface area contributed by atoms with Crippen LogP contribution in [0.1, 0.15) is 22.3 Å². The van der Waals surface area contributed by atoms with Crippen LogP contribution in [0.25, 0.3) is 16.5 Å². The van der Waals surface area contributed by atoms with Crippen molar-refractivity contribution >= 4 is 49.9 Å². The Kier molecular flexibility index (Phi) is 4.40. The molecule has 0 bridgehead atoms. The van der Waals surface area contributed by atoms with E-state index in [1.807, 2.05) is 53.6 Å². The van der Waals surface area contributed by atoms with Gasteiger partial charge in [-0.2, -0.15) is 0 Å². The van der Waals surface area contributed by atoms with Crippen LogP contribution in [0.15, 0.2) is 59.2 Å². The van der Waals surface area contributed by atoms with Gasteiger partial charge in [-0.05, 0) is 58.3 Å². The van der Waals surface area contributed by atoms with E-state index >= 15 is 0 Å². The highest BCUT2D eigenvalue weighted by molar-refractivity contribution is 9.10. The van der Waals surface area contributed by atoms with Gasteiger partial charge in [-0.1, -0.05) is 29.8 Å². The number of hydrogen-bond acceptors (Lipinski definition) is 1. The van der Waals surface area contributed by atoms with Gasteiger partial charge in [0, 0.05) is 45.2 Å². The first-order valence-corrected chi connectivity index (χ1v) is 9.30. The third kappa shape index (κ3) is 3.12. The summed E-state index contributed by atoms with van der Waals surface area (Å²) in [7, 11) is 0. The quantitative estimate of drug-likeness (QED) is 0.588. The van der Waals surface area contributed by atoms with E-state index in [4.69, 9.17) is 11.6 Å². The number of nitrogens with zero attached hydrogens (tertiary/aromatic N) is 1. The molecule has 1 aromatic heterocycles. The van der Waals surface area contributed by atoms with Gasteiger partial charge in [0.2, 0.25) is 0 Å². The summed E-state index contributed by atoms with van der Waals surface area (Å²) in [6.07, 6.45) is 5.00. The van der Waals surface area contributed by atoms with Gasteiger partial charge < -0.3 is 9.88 Å². The van der Waals surface area contributed by atoms with E-state index in [9.17, 15) is 4.79 Å². The van der Waals surface area contributed by atoms with Gasteiger partial charge in [-0.25, -0.2) is 0 Å². The van der Waals surface area contributed by atoms with Crippen molar-refractivity contribution in [3.05, 3.63) is 75.4 Å². The monoisotopic (exact) mass is 414 g/mol. The van der Waals surface area contributed by atoms with Gasteiger partial charge in [-0.15, -0.1) is 0 Å². The number of H-pyrrole nitrogens is 1. The molecule has 0 fully saturated rings. The molecule has 0 atom stereocenters. The smallest absolute Gasteiger partial charge is 0.255 e. The topological polar surface area (TPSA) is 36.1 Å². The molecule has 0 saturated heterocycles. The van der Waals surface area contributed by atoms with Crippen LogP contribution in [-0.4, -0.2) is 28.9 Å². The Morgan fingerprint density at radius 2 is 2.04 bits per heavy atom. The summed E-state index contributed by atoms with van der Waals surface area (Å²) in [6.45, 7) is 1.32. The Morgan fingerprint density at radius 1 is 1.20 bits per heavy atom. The van der Waals surface area contributed by atoms with Crippen LogP contribution in [0.3, 0.4) is 0 Å². The second-order valence-electron chi connectivity index (χ2n) is 6.10. The number of rotatable bonds is 2. The van der Waals surface area contributed by atoms with Crippen molar-refractivity contribution in [1.29, 1.82) is 0 Å². The van der Waals surface area contributed by atoms with Gasteiger partial charge >= 0.3 is 0 Å². The number of carbonyl (C=O) groups is 1. The van der Waals surface area contributed by atoms with Gasteiger partial charge in [0.15, 0.2) is 0 Å². The zero-order valence-electron chi connectivity index (χ0n) is 13.4. The predicted octanol–water partition coefficient (Wildman–Crippen LogP) is 5.51. The van der Waals surface area contributed by atoms with E-state index in [2.05, 4.69) is 27.0 Å². The fourth-order valence-electron chi connectivity index (χ4n) is 3.26. The number of halogens is 2. The molecule has 5 heteroatoms. The Hall–Kier alpha value is -2.04. The fraction of sp³-hybridized carbons (Fsp3) is 0.150. The molecule has 1 N–H and O–H groups in total. The largest absolute Gasteiger partial charge is 0.361 e. The summed E-state index contributed by atoms with van der Waals surface area (Å²) < 4.78 is 0.834. The molecule has 3 nitrogen and oxygen atoms in total. The fourth-order valence-corrected chi connectivity index (χ4v) is 3.89. The molecule has 126 valence electrons. The second kappa shape index (κ2) is 6.70. The summed E-state index contributed by atoms with van der Waals surface area (Å²) >= 11 is 9.60.